The minimum Gasteiger partial charge on any atom is -0.350 e. The average molecular weight is 405 g/mol. The first-order chi connectivity index (χ1) is 14.5. The molecule has 1 unspecified atom stereocenters. The molecular formula is C22H23N5O3. The molecule has 8 heteroatoms. The summed E-state index contributed by atoms with van der Waals surface area (Å²) in [5, 5.41) is 8.77. The van der Waals surface area contributed by atoms with Crippen molar-refractivity contribution in [3.05, 3.63) is 70.1 Å². The third kappa shape index (κ3) is 4.32. The third-order valence-electron chi connectivity index (χ3n) is 5.18. The number of hydrogen-bond acceptors (Lipinski definition) is 4. The maximum absolute atomic E-state index is 12.4. The van der Waals surface area contributed by atoms with E-state index < -0.39 is 0 Å². The molecule has 30 heavy (non-hydrogen) atoms. The van der Waals surface area contributed by atoms with E-state index in [0.717, 1.165) is 16.8 Å². The highest BCUT2D eigenvalue weighted by atomic mass is 16.2. The van der Waals surface area contributed by atoms with E-state index in [9.17, 15) is 14.4 Å². The number of rotatable bonds is 6. The van der Waals surface area contributed by atoms with Gasteiger partial charge in [0.25, 0.3) is 0 Å². The number of imidazole rings is 1. The van der Waals surface area contributed by atoms with Crippen LogP contribution in [0.5, 0.6) is 0 Å². The van der Waals surface area contributed by atoms with Crippen molar-refractivity contribution >= 4 is 28.6 Å². The van der Waals surface area contributed by atoms with Crippen LogP contribution in [0.25, 0.3) is 11.0 Å². The Morgan fingerprint density at radius 2 is 1.87 bits per heavy atom. The highest BCUT2D eigenvalue weighted by molar-refractivity contribution is 6.02. The first-order valence-corrected chi connectivity index (χ1v) is 9.94. The number of H-pyrrole nitrogens is 2. The normalized spacial score (nSPS) is 14.6. The van der Waals surface area contributed by atoms with Crippen LogP contribution in [-0.2, 0) is 9.59 Å². The number of amides is 2. The Morgan fingerprint density at radius 1 is 1.10 bits per heavy atom. The number of carbonyl (C=O) groups is 2. The zero-order valence-electron chi connectivity index (χ0n) is 16.6. The summed E-state index contributed by atoms with van der Waals surface area (Å²) >= 11 is 0. The Morgan fingerprint density at radius 3 is 2.67 bits per heavy atom. The molecule has 2 heterocycles. The Balaban J connectivity index is 1.30. The SMILES string of the molecule is CC(NC(=O)CCC(=O)N1CCC(c2ccccc2)=N1)c1ccc2[nH]c(=O)[nH]c2c1. The van der Waals surface area contributed by atoms with Gasteiger partial charge in [0.2, 0.25) is 11.8 Å². The van der Waals surface area contributed by atoms with Crippen LogP contribution in [0.1, 0.15) is 43.4 Å². The highest BCUT2D eigenvalue weighted by Crippen LogP contribution is 2.18. The quantitative estimate of drug-likeness (QED) is 0.586. The lowest BCUT2D eigenvalue weighted by Crippen LogP contribution is -2.29. The zero-order valence-corrected chi connectivity index (χ0v) is 16.6. The largest absolute Gasteiger partial charge is 0.350 e. The number of hydrazone groups is 1. The molecule has 4 rings (SSSR count). The number of nitrogens with zero attached hydrogens (tertiary/aromatic N) is 2. The fraction of sp³-hybridized carbons (Fsp3) is 0.273. The minimum absolute atomic E-state index is 0.0963. The zero-order chi connectivity index (χ0) is 21.1. The van der Waals surface area contributed by atoms with Crippen molar-refractivity contribution < 1.29 is 9.59 Å². The molecule has 8 nitrogen and oxygen atoms in total. The lowest BCUT2D eigenvalue weighted by molar-refractivity contribution is -0.133. The molecule has 154 valence electrons. The summed E-state index contributed by atoms with van der Waals surface area (Å²) in [6.45, 7) is 2.40. The molecule has 0 saturated heterocycles. The van der Waals surface area contributed by atoms with Gasteiger partial charge in [0.15, 0.2) is 0 Å². The van der Waals surface area contributed by atoms with Gasteiger partial charge in [0.1, 0.15) is 0 Å². The molecular weight excluding hydrogens is 382 g/mol. The Kier molecular flexibility index (Phi) is 5.47. The fourth-order valence-electron chi connectivity index (χ4n) is 3.54. The van der Waals surface area contributed by atoms with Crippen LogP contribution in [0.15, 0.2) is 58.4 Å². The summed E-state index contributed by atoms with van der Waals surface area (Å²) < 4.78 is 0. The second kappa shape index (κ2) is 8.36. The minimum atomic E-state index is -0.266. The molecule has 0 radical (unpaired) electrons. The molecule has 3 aromatic rings. The van der Waals surface area contributed by atoms with E-state index in [2.05, 4.69) is 20.4 Å². The first kappa shape index (κ1) is 19.6. The van der Waals surface area contributed by atoms with Crippen molar-refractivity contribution in [1.82, 2.24) is 20.3 Å². The predicted molar refractivity (Wildman–Crippen MR) is 114 cm³/mol. The van der Waals surface area contributed by atoms with Crippen molar-refractivity contribution in [3.63, 3.8) is 0 Å². The second-order valence-corrected chi connectivity index (χ2v) is 7.35. The maximum Gasteiger partial charge on any atom is 0.323 e. The van der Waals surface area contributed by atoms with Crippen LogP contribution in [0.2, 0.25) is 0 Å². The van der Waals surface area contributed by atoms with Crippen LogP contribution in [0.3, 0.4) is 0 Å². The molecule has 0 bridgehead atoms. The van der Waals surface area contributed by atoms with Crippen molar-refractivity contribution in [2.24, 2.45) is 5.10 Å². The van der Waals surface area contributed by atoms with Gasteiger partial charge in [0, 0.05) is 19.3 Å². The van der Waals surface area contributed by atoms with Crippen LogP contribution >= 0.6 is 0 Å². The number of aromatic nitrogens is 2. The van der Waals surface area contributed by atoms with Crippen LogP contribution < -0.4 is 11.0 Å². The number of hydrogen-bond donors (Lipinski definition) is 3. The lowest BCUT2D eigenvalue weighted by atomic mass is 10.1. The van der Waals surface area contributed by atoms with Gasteiger partial charge < -0.3 is 15.3 Å². The molecule has 0 aliphatic carbocycles. The van der Waals surface area contributed by atoms with Gasteiger partial charge in [-0.2, -0.15) is 5.10 Å². The number of carbonyl (C=O) groups excluding carboxylic acids is 2. The van der Waals surface area contributed by atoms with Crippen LogP contribution in [0.4, 0.5) is 0 Å². The number of nitrogens with one attached hydrogen (secondary N) is 3. The van der Waals surface area contributed by atoms with E-state index in [4.69, 9.17) is 0 Å². The number of benzene rings is 2. The number of fused-ring (bicyclic) bond motifs is 1. The van der Waals surface area contributed by atoms with E-state index in [1.807, 2.05) is 49.4 Å². The van der Waals surface area contributed by atoms with Gasteiger partial charge in [-0.3, -0.25) is 9.59 Å². The Hall–Kier alpha value is -3.68. The molecule has 1 aliphatic rings. The summed E-state index contributed by atoms with van der Waals surface area (Å²) in [6.07, 6.45) is 0.913. The van der Waals surface area contributed by atoms with E-state index in [1.54, 1.807) is 6.07 Å². The van der Waals surface area contributed by atoms with Gasteiger partial charge in [-0.05, 0) is 30.2 Å². The molecule has 1 aromatic heterocycles. The summed E-state index contributed by atoms with van der Waals surface area (Å²) in [4.78, 5) is 41.5. The van der Waals surface area contributed by atoms with Crippen molar-refractivity contribution in [2.45, 2.75) is 32.2 Å². The first-order valence-electron chi connectivity index (χ1n) is 9.94. The summed E-state index contributed by atoms with van der Waals surface area (Å²) in [7, 11) is 0. The van der Waals surface area contributed by atoms with Crippen molar-refractivity contribution in [2.75, 3.05) is 6.54 Å². The van der Waals surface area contributed by atoms with E-state index in [1.165, 1.54) is 5.01 Å². The monoisotopic (exact) mass is 405 g/mol. The summed E-state index contributed by atoms with van der Waals surface area (Å²) in [5.74, 6) is -0.361. The van der Waals surface area contributed by atoms with Crippen molar-refractivity contribution in [1.29, 1.82) is 0 Å². The maximum atomic E-state index is 12.4. The van der Waals surface area contributed by atoms with E-state index in [0.29, 0.717) is 24.0 Å². The van der Waals surface area contributed by atoms with E-state index in [-0.39, 0.29) is 36.4 Å². The molecule has 1 aliphatic heterocycles. The second-order valence-electron chi connectivity index (χ2n) is 7.35. The van der Waals surface area contributed by atoms with Crippen LogP contribution in [0, 0.1) is 0 Å². The molecule has 2 amide bonds. The molecule has 1 atom stereocenters. The predicted octanol–water partition coefficient (Wildman–Crippen LogP) is 2.45. The van der Waals surface area contributed by atoms with Gasteiger partial charge in [-0.25, -0.2) is 9.80 Å². The number of aromatic amines is 2. The molecule has 0 spiro atoms. The Labute approximate surface area is 173 Å². The topological polar surface area (TPSA) is 110 Å². The molecule has 0 saturated carbocycles. The average Bonchev–Trinajstić information content (AvgIpc) is 3.38. The fourth-order valence-corrected chi connectivity index (χ4v) is 3.54. The standard InChI is InChI=1S/C22H23N5O3/c1-14(16-7-8-18-19(13-16)25-22(30)24-18)23-20(28)9-10-21(29)27-12-11-17(26-27)15-5-3-2-4-6-15/h2-8,13-14H,9-12H2,1H3,(H,23,28)(H2,24,25,30). The highest BCUT2D eigenvalue weighted by Gasteiger charge is 2.22. The smallest absolute Gasteiger partial charge is 0.323 e. The van der Waals surface area contributed by atoms with Crippen LogP contribution in [-0.4, -0.2) is 39.0 Å². The van der Waals surface area contributed by atoms with Crippen molar-refractivity contribution in [3.8, 4) is 0 Å². The molecule has 3 N–H and O–H groups in total. The summed E-state index contributed by atoms with van der Waals surface area (Å²) in [6, 6.07) is 15.0. The van der Waals surface area contributed by atoms with E-state index >= 15 is 0 Å². The van der Waals surface area contributed by atoms with Gasteiger partial charge in [0.05, 0.1) is 29.3 Å². The molecule has 0 fully saturated rings. The lowest BCUT2D eigenvalue weighted by Gasteiger charge is -2.15. The van der Waals surface area contributed by atoms with Gasteiger partial charge in [-0.15, -0.1) is 0 Å². The van der Waals surface area contributed by atoms with Gasteiger partial charge >= 0.3 is 5.69 Å². The Bertz CT molecular complexity index is 1160. The third-order valence-corrected chi connectivity index (χ3v) is 5.18. The molecule has 2 aromatic carbocycles. The van der Waals surface area contributed by atoms with Gasteiger partial charge in [-0.1, -0.05) is 36.4 Å². The summed E-state index contributed by atoms with van der Waals surface area (Å²) in [5.41, 5.74) is 3.91.